The van der Waals surface area contributed by atoms with Crippen molar-refractivity contribution in [1.29, 1.82) is 0 Å². The van der Waals surface area contributed by atoms with E-state index in [0.29, 0.717) is 0 Å². The predicted octanol–water partition coefficient (Wildman–Crippen LogP) is 16.5. The van der Waals surface area contributed by atoms with Crippen molar-refractivity contribution in [3.63, 3.8) is 0 Å². The smallest absolute Gasteiger partial charge is 0.0105 e. The monoisotopic (exact) mass is 790 g/mol. The van der Waals surface area contributed by atoms with Gasteiger partial charge in [0.15, 0.2) is 0 Å². The second kappa shape index (κ2) is 19.3. The Morgan fingerprint density at radius 3 is 0.823 bits per heavy atom. The van der Waals surface area contributed by atoms with Crippen LogP contribution in [-0.4, -0.2) is 0 Å². The van der Waals surface area contributed by atoms with Crippen LogP contribution in [-0.2, 0) is 0 Å². The van der Waals surface area contributed by atoms with Gasteiger partial charge in [0.2, 0.25) is 0 Å². The van der Waals surface area contributed by atoms with E-state index in [2.05, 4.69) is 279 Å². The highest BCUT2D eigenvalue weighted by Crippen LogP contribution is 2.32. The lowest BCUT2D eigenvalue weighted by Crippen LogP contribution is -1.88. The molecule has 62 heavy (non-hydrogen) atoms. The first-order chi connectivity index (χ1) is 30.7. The van der Waals surface area contributed by atoms with E-state index in [0.717, 1.165) is 11.1 Å². The van der Waals surface area contributed by atoms with Gasteiger partial charge in [0.1, 0.15) is 0 Å². The van der Waals surface area contributed by atoms with Crippen LogP contribution in [0.25, 0.3) is 69.9 Å². The summed E-state index contributed by atoms with van der Waals surface area (Å²) in [6.45, 7) is 0. The summed E-state index contributed by atoms with van der Waals surface area (Å²) in [5.41, 5.74) is 19.0. The number of benzene rings is 9. The molecule has 0 N–H and O–H groups in total. The molecule has 0 nitrogen and oxygen atoms in total. The van der Waals surface area contributed by atoms with Crippen LogP contribution in [0.3, 0.4) is 0 Å². The summed E-state index contributed by atoms with van der Waals surface area (Å²) in [6, 6.07) is 86.2. The lowest BCUT2D eigenvalue weighted by Gasteiger charge is -2.10. The summed E-state index contributed by atoms with van der Waals surface area (Å²) in [5.74, 6) is 0. The van der Waals surface area contributed by atoms with Crippen molar-refractivity contribution in [3.8, 4) is 22.3 Å². The highest BCUT2D eigenvalue weighted by Gasteiger charge is 2.09. The van der Waals surface area contributed by atoms with Crippen molar-refractivity contribution in [2.24, 2.45) is 0 Å². The fourth-order valence-electron chi connectivity index (χ4n) is 7.89. The lowest BCUT2D eigenvalue weighted by atomic mass is 9.94. The maximum atomic E-state index is 2.28. The predicted molar refractivity (Wildman–Crippen MR) is 268 cm³/mol. The second-order valence-corrected chi connectivity index (χ2v) is 15.3. The first kappa shape index (κ1) is 39.4. The van der Waals surface area contributed by atoms with Crippen molar-refractivity contribution < 1.29 is 0 Å². The second-order valence-electron chi connectivity index (χ2n) is 15.3. The third-order valence-corrected chi connectivity index (χ3v) is 11.2. The maximum absolute atomic E-state index is 2.28. The minimum absolute atomic E-state index is 1.16. The van der Waals surface area contributed by atoms with E-state index in [1.807, 2.05) is 0 Å². The topological polar surface area (TPSA) is 0 Å². The van der Waals surface area contributed by atoms with Crippen LogP contribution in [0.5, 0.6) is 0 Å². The standard InChI is InChI=1S/C62H46/c1-5-17-51(18-6-1)61(52-19-7-2-8-20-52)45-49-33-29-47(30-34-49)37-39-55-25-13-15-27-59(55)57-41-43-58(44-42-57)60-28-16-14-26-56(60)40-38-48-31-35-50(36-32-48)46-62(53-21-9-3-10-22-53)54-23-11-4-12-24-54/h1-46H/b39-37-,40-38?. The Morgan fingerprint density at radius 1 is 0.226 bits per heavy atom. The molecule has 9 aromatic rings. The Kier molecular flexibility index (Phi) is 12.3. The molecule has 0 spiro atoms. The molecular weight excluding hydrogens is 745 g/mol. The van der Waals surface area contributed by atoms with E-state index < -0.39 is 0 Å². The molecule has 294 valence electrons. The summed E-state index contributed by atoms with van der Waals surface area (Å²) >= 11 is 0. The van der Waals surface area contributed by atoms with Crippen LogP contribution in [0.1, 0.15) is 55.6 Å². The van der Waals surface area contributed by atoms with Gasteiger partial charge in [-0.1, -0.05) is 267 Å². The molecule has 0 fully saturated rings. The Balaban J connectivity index is 0.903. The zero-order chi connectivity index (χ0) is 41.8. The molecule has 9 aromatic carbocycles. The van der Waals surface area contributed by atoms with Gasteiger partial charge < -0.3 is 0 Å². The Labute approximate surface area is 366 Å². The first-order valence-electron chi connectivity index (χ1n) is 21.2. The summed E-state index contributed by atoms with van der Waals surface area (Å²) in [6.07, 6.45) is 13.4. The quantitative estimate of drug-likeness (QED) is 0.108. The van der Waals surface area contributed by atoms with E-state index in [-0.39, 0.29) is 0 Å². The Morgan fingerprint density at radius 2 is 0.500 bits per heavy atom. The van der Waals surface area contributed by atoms with Gasteiger partial charge in [-0.2, -0.15) is 0 Å². The van der Waals surface area contributed by atoms with Crippen molar-refractivity contribution in [3.05, 3.63) is 298 Å². The molecule has 0 saturated heterocycles. The average Bonchev–Trinajstić information content (AvgIpc) is 3.35. The number of hydrogen-bond donors (Lipinski definition) is 0. The van der Waals surface area contributed by atoms with E-state index in [4.69, 9.17) is 0 Å². The zero-order valence-electron chi connectivity index (χ0n) is 34.6. The molecule has 0 atom stereocenters. The molecule has 0 radical (unpaired) electrons. The summed E-state index contributed by atoms with van der Waals surface area (Å²) in [5, 5.41) is 0. The molecular formula is C62H46. The average molecular weight is 791 g/mol. The van der Waals surface area contributed by atoms with Gasteiger partial charge in [0.25, 0.3) is 0 Å². The fraction of sp³-hybridized carbons (Fsp3) is 0. The molecule has 0 aliphatic heterocycles. The van der Waals surface area contributed by atoms with Gasteiger partial charge in [-0.05, 0) is 101 Å². The minimum atomic E-state index is 1.16. The van der Waals surface area contributed by atoms with Crippen molar-refractivity contribution in [2.75, 3.05) is 0 Å². The molecule has 0 aliphatic carbocycles. The van der Waals surface area contributed by atoms with E-state index in [9.17, 15) is 0 Å². The van der Waals surface area contributed by atoms with E-state index in [1.165, 1.54) is 77.9 Å². The minimum Gasteiger partial charge on any atom is -0.0622 e. The van der Waals surface area contributed by atoms with Gasteiger partial charge in [-0.3, -0.25) is 0 Å². The molecule has 0 heterocycles. The van der Waals surface area contributed by atoms with E-state index >= 15 is 0 Å². The van der Waals surface area contributed by atoms with Crippen LogP contribution in [0, 0.1) is 0 Å². The fourth-order valence-corrected chi connectivity index (χ4v) is 7.89. The van der Waals surface area contributed by atoms with Gasteiger partial charge in [0.05, 0.1) is 0 Å². The van der Waals surface area contributed by atoms with Gasteiger partial charge in [-0.25, -0.2) is 0 Å². The highest BCUT2D eigenvalue weighted by atomic mass is 14.1. The molecule has 0 unspecified atom stereocenters. The maximum Gasteiger partial charge on any atom is -0.0105 e. The Bertz CT molecular complexity index is 2680. The third-order valence-electron chi connectivity index (χ3n) is 11.2. The normalized spacial score (nSPS) is 11.1. The van der Waals surface area contributed by atoms with Gasteiger partial charge in [0, 0.05) is 0 Å². The number of rotatable bonds is 12. The van der Waals surface area contributed by atoms with Crippen molar-refractivity contribution in [1.82, 2.24) is 0 Å². The van der Waals surface area contributed by atoms with Crippen LogP contribution in [0.15, 0.2) is 243 Å². The molecule has 0 saturated carbocycles. The van der Waals surface area contributed by atoms with Crippen LogP contribution in [0.2, 0.25) is 0 Å². The van der Waals surface area contributed by atoms with E-state index in [1.54, 1.807) is 0 Å². The molecule has 0 bridgehead atoms. The molecule has 0 heteroatoms. The van der Waals surface area contributed by atoms with Crippen LogP contribution in [0.4, 0.5) is 0 Å². The first-order valence-corrected chi connectivity index (χ1v) is 21.2. The van der Waals surface area contributed by atoms with Crippen molar-refractivity contribution >= 4 is 47.6 Å². The molecule has 0 amide bonds. The van der Waals surface area contributed by atoms with Crippen molar-refractivity contribution in [2.45, 2.75) is 0 Å². The summed E-state index contributed by atoms with van der Waals surface area (Å²) in [4.78, 5) is 0. The molecule has 0 aliphatic rings. The van der Waals surface area contributed by atoms with Crippen LogP contribution < -0.4 is 0 Å². The summed E-state index contributed by atoms with van der Waals surface area (Å²) < 4.78 is 0. The zero-order valence-corrected chi connectivity index (χ0v) is 34.6. The largest absolute Gasteiger partial charge is 0.0622 e. The van der Waals surface area contributed by atoms with Gasteiger partial charge in [-0.15, -0.1) is 0 Å². The van der Waals surface area contributed by atoms with Crippen LogP contribution >= 0.6 is 0 Å². The van der Waals surface area contributed by atoms with Gasteiger partial charge >= 0.3 is 0 Å². The lowest BCUT2D eigenvalue weighted by molar-refractivity contribution is 1.55. The third kappa shape index (κ3) is 9.69. The Hall–Kier alpha value is -8.06. The SMILES string of the molecule is C(=Cc1ccccc1-c1ccc(-c2ccccc2/C=C\c2ccc(C=C(c3ccccc3)c3ccccc3)cc2)cc1)c1ccc(C=C(c2ccccc2)c2ccccc2)cc1. The molecule has 0 aromatic heterocycles. The number of hydrogen-bond acceptors (Lipinski definition) is 0. The molecule has 9 rings (SSSR count). The summed E-state index contributed by atoms with van der Waals surface area (Å²) in [7, 11) is 0. The highest BCUT2D eigenvalue weighted by molar-refractivity contribution is 5.93.